The number of aromatic nitrogens is 1. The lowest BCUT2D eigenvalue weighted by Crippen LogP contribution is -2.26. The van der Waals surface area contributed by atoms with Gasteiger partial charge in [0.05, 0.1) is 22.7 Å². The number of amides is 1. The SMILES string of the molecule is CCCCCNC(=O)Cc1csc(SCC(=O)c2cccs2)n1. The molecule has 0 saturated heterocycles. The van der Waals surface area contributed by atoms with Crippen LogP contribution in [-0.2, 0) is 11.2 Å². The number of Topliss-reactive ketones (excluding diaryl/α,β-unsaturated/α-hetero) is 1. The van der Waals surface area contributed by atoms with E-state index in [1.54, 1.807) is 0 Å². The smallest absolute Gasteiger partial charge is 0.226 e. The molecule has 23 heavy (non-hydrogen) atoms. The van der Waals surface area contributed by atoms with Gasteiger partial charge in [0.1, 0.15) is 0 Å². The summed E-state index contributed by atoms with van der Waals surface area (Å²) in [7, 11) is 0. The second-order valence-corrected chi connectivity index (χ2v) is 8.06. The van der Waals surface area contributed by atoms with Gasteiger partial charge < -0.3 is 5.32 Å². The molecule has 0 aliphatic carbocycles. The van der Waals surface area contributed by atoms with E-state index in [0.29, 0.717) is 12.2 Å². The van der Waals surface area contributed by atoms with E-state index >= 15 is 0 Å². The lowest BCUT2D eigenvalue weighted by Gasteiger charge is -2.02. The van der Waals surface area contributed by atoms with Crippen molar-refractivity contribution in [1.82, 2.24) is 10.3 Å². The molecular weight excluding hydrogens is 348 g/mol. The van der Waals surface area contributed by atoms with Gasteiger partial charge in [-0.2, -0.15) is 0 Å². The molecule has 0 bridgehead atoms. The summed E-state index contributed by atoms with van der Waals surface area (Å²) in [6.45, 7) is 2.87. The van der Waals surface area contributed by atoms with E-state index in [0.717, 1.165) is 40.7 Å². The van der Waals surface area contributed by atoms with Crippen molar-refractivity contribution in [3.63, 3.8) is 0 Å². The van der Waals surface area contributed by atoms with Crippen molar-refractivity contribution in [1.29, 1.82) is 0 Å². The Balaban J connectivity index is 1.72. The quantitative estimate of drug-likeness (QED) is 0.391. The van der Waals surface area contributed by atoms with Crippen LogP contribution in [0.25, 0.3) is 0 Å². The molecule has 0 radical (unpaired) electrons. The minimum atomic E-state index is 0.0117. The predicted molar refractivity (Wildman–Crippen MR) is 97.7 cm³/mol. The van der Waals surface area contributed by atoms with Crippen LogP contribution in [0.5, 0.6) is 0 Å². The van der Waals surface area contributed by atoms with Gasteiger partial charge in [-0.15, -0.1) is 22.7 Å². The molecule has 7 heteroatoms. The van der Waals surface area contributed by atoms with Crippen molar-refractivity contribution < 1.29 is 9.59 Å². The molecule has 0 spiro atoms. The number of hydrogen-bond donors (Lipinski definition) is 1. The number of thiophene rings is 1. The van der Waals surface area contributed by atoms with Gasteiger partial charge in [-0.25, -0.2) is 4.98 Å². The summed E-state index contributed by atoms with van der Waals surface area (Å²) in [4.78, 5) is 28.9. The van der Waals surface area contributed by atoms with E-state index in [-0.39, 0.29) is 11.7 Å². The van der Waals surface area contributed by atoms with E-state index in [2.05, 4.69) is 17.2 Å². The zero-order valence-electron chi connectivity index (χ0n) is 13.0. The van der Waals surface area contributed by atoms with Gasteiger partial charge in [-0.3, -0.25) is 9.59 Å². The highest BCUT2D eigenvalue weighted by Gasteiger charge is 2.11. The van der Waals surface area contributed by atoms with Crippen molar-refractivity contribution in [2.24, 2.45) is 0 Å². The number of hydrogen-bond acceptors (Lipinski definition) is 6. The third kappa shape index (κ3) is 6.45. The van der Waals surface area contributed by atoms with E-state index in [4.69, 9.17) is 0 Å². The zero-order valence-corrected chi connectivity index (χ0v) is 15.5. The summed E-state index contributed by atoms with van der Waals surface area (Å²) in [6, 6.07) is 3.72. The van der Waals surface area contributed by atoms with E-state index in [1.165, 1.54) is 34.4 Å². The van der Waals surface area contributed by atoms with Gasteiger partial charge in [0.2, 0.25) is 5.91 Å². The molecule has 0 atom stereocenters. The summed E-state index contributed by atoms with van der Waals surface area (Å²) < 4.78 is 0.837. The first kappa shape index (κ1) is 18.2. The maximum atomic E-state index is 11.9. The second-order valence-electron chi connectivity index (χ2n) is 5.03. The standard InChI is InChI=1S/C16H20N2O2S3/c1-2-3-4-7-17-15(20)9-12-10-22-16(18-12)23-11-13(19)14-6-5-8-21-14/h5-6,8,10H,2-4,7,9,11H2,1H3,(H,17,20). The van der Waals surface area contributed by atoms with Crippen LogP contribution >= 0.6 is 34.4 Å². The van der Waals surface area contributed by atoms with Crippen molar-refractivity contribution in [3.8, 4) is 0 Å². The van der Waals surface area contributed by atoms with Gasteiger partial charge in [0, 0.05) is 11.9 Å². The summed E-state index contributed by atoms with van der Waals surface area (Å²) in [5.74, 6) is 0.518. The highest BCUT2D eigenvalue weighted by atomic mass is 32.2. The van der Waals surface area contributed by atoms with Gasteiger partial charge in [0.15, 0.2) is 10.1 Å². The van der Waals surface area contributed by atoms with E-state index < -0.39 is 0 Å². The van der Waals surface area contributed by atoms with Crippen molar-refractivity contribution in [2.45, 2.75) is 36.9 Å². The fourth-order valence-electron chi connectivity index (χ4n) is 1.90. The molecule has 2 aromatic rings. The van der Waals surface area contributed by atoms with Gasteiger partial charge >= 0.3 is 0 Å². The summed E-state index contributed by atoms with van der Waals surface area (Å²) in [6.07, 6.45) is 3.61. The van der Waals surface area contributed by atoms with Crippen LogP contribution in [0.1, 0.15) is 41.6 Å². The number of unbranched alkanes of at least 4 members (excludes halogenated alkanes) is 2. The average Bonchev–Trinajstić information content (AvgIpc) is 3.21. The second kappa shape index (κ2) is 9.85. The molecule has 1 N–H and O–H groups in total. The third-order valence-corrected chi connectivity index (χ3v) is 6.08. The Morgan fingerprint density at radius 2 is 2.17 bits per heavy atom. The van der Waals surface area contributed by atoms with Crippen molar-refractivity contribution in [3.05, 3.63) is 33.5 Å². The molecule has 0 aliphatic heterocycles. The topological polar surface area (TPSA) is 59.1 Å². The molecule has 0 unspecified atom stereocenters. The van der Waals surface area contributed by atoms with Crippen LogP contribution in [0.2, 0.25) is 0 Å². The first-order chi connectivity index (χ1) is 11.2. The molecule has 2 heterocycles. The summed E-state index contributed by atoms with van der Waals surface area (Å²) in [5.41, 5.74) is 0.772. The number of thiazole rings is 1. The Morgan fingerprint density at radius 1 is 1.30 bits per heavy atom. The number of thioether (sulfide) groups is 1. The van der Waals surface area contributed by atoms with Crippen LogP contribution in [0.15, 0.2) is 27.2 Å². The maximum Gasteiger partial charge on any atom is 0.226 e. The number of nitrogens with zero attached hydrogens (tertiary/aromatic N) is 1. The monoisotopic (exact) mass is 368 g/mol. The first-order valence-corrected chi connectivity index (χ1v) is 10.3. The molecule has 2 aromatic heterocycles. The van der Waals surface area contributed by atoms with Crippen molar-refractivity contribution >= 4 is 46.1 Å². The lowest BCUT2D eigenvalue weighted by atomic mass is 10.2. The Hall–Kier alpha value is -1.18. The number of carbonyl (C=O) groups is 2. The Morgan fingerprint density at radius 3 is 2.91 bits per heavy atom. The Bertz CT molecular complexity index is 623. The molecule has 0 fully saturated rings. The Labute approximate surface area is 148 Å². The van der Waals surface area contributed by atoms with Crippen LogP contribution in [0.4, 0.5) is 0 Å². The Kier molecular flexibility index (Phi) is 7.78. The first-order valence-electron chi connectivity index (χ1n) is 7.59. The zero-order chi connectivity index (χ0) is 16.5. The van der Waals surface area contributed by atoms with Crippen LogP contribution in [0.3, 0.4) is 0 Å². The maximum absolute atomic E-state index is 11.9. The molecule has 124 valence electrons. The van der Waals surface area contributed by atoms with E-state index in [9.17, 15) is 9.59 Å². The molecular formula is C16H20N2O2S3. The number of nitrogens with one attached hydrogen (secondary N) is 1. The molecule has 2 rings (SSSR count). The molecule has 0 aliphatic rings. The molecule has 0 saturated carbocycles. The number of carbonyl (C=O) groups excluding carboxylic acids is 2. The third-order valence-electron chi connectivity index (χ3n) is 3.10. The van der Waals surface area contributed by atoms with Crippen LogP contribution < -0.4 is 5.32 Å². The fourth-order valence-corrected chi connectivity index (χ4v) is 4.39. The van der Waals surface area contributed by atoms with Crippen LogP contribution in [-0.4, -0.2) is 29.0 Å². The largest absolute Gasteiger partial charge is 0.356 e. The molecule has 4 nitrogen and oxygen atoms in total. The summed E-state index contributed by atoms with van der Waals surface area (Å²) in [5, 5.41) is 6.70. The van der Waals surface area contributed by atoms with Crippen LogP contribution in [0, 0.1) is 0 Å². The fraction of sp³-hybridized carbons (Fsp3) is 0.438. The highest BCUT2D eigenvalue weighted by Crippen LogP contribution is 2.24. The van der Waals surface area contributed by atoms with Gasteiger partial charge in [-0.1, -0.05) is 37.6 Å². The highest BCUT2D eigenvalue weighted by molar-refractivity contribution is 8.01. The minimum Gasteiger partial charge on any atom is -0.356 e. The normalized spacial score (nSPS) is 10.7. The van der Waals surface area contributed by atoms with Crippen molar-refractivity contribution in [2.75, 3.05) is 12.3 Å². The predicted octanol–water partition coefficient (Wildman–Crippen LogP) is 4.03. The molecule has 1 amide bonds. The average molecular weight is 369 g/mol. The number of ketones is 1. The van der Waals surface area contributed by atoms with Gasteiger partial charge in [-0.05, 0) is 17.9 Å². The molecule has 0 aromatic carbocycles. The minimum absolute atomic E-state index is 0.0117. The summed E-state index contributed by atoms with van der Waals surface area (Å²) >= 11 is 4.38. The number of rotatable bonds is 10. The van der Waals surface area contributed by atoms with E-state index in [1.807, 2.05) is 22.9 Å². The van der Waals surface area contributed by atoms with Gasteiger partial charge in [0.25, 0.3) is 0 Å². The lowest BCUT2D eigenvalue weighted by molar-refractivity contribution is -0.120.